The largest absolute Gasteiger partial charge is 0.387 e. The van der Waals surface area contributed by atoms with Gasteiger partial charge in [-0.3, -0.25) is 4.90 Å². The molecule has 1 heterocycles. The Balaban J connectivity index is 1.62. The Hall–Kier alpha value is -1.37. The molecule has 3 rings (SSSR count). The van der Waals surface area contributed by atoms with Crippen molar-refractivity contribution in [3.05, 3.63) is 35.4 Å². The number of aliphatic hydroxyl groups excluding tert-OH is 1. The predicted molar refractivity (Wildman–Crippen MR) is 82.7 cm³/mol. The van der Waals surface area contributed by atoms with Crippen molar-refractivity contribution in [2.45, 2.75) is 50.7 Å². The first kappa shape index (κ1) is 14.6. The second-order valence-corrected chi connectivity index (χ2v) is 6.50. The van der Waals surface area contributed by atoms with E-state index in [-0.39, 0.29) is 0 Å². The van der Waals surface area contributed by atoms with Crippen LogP contribution in [0.1, 0.15) is 55.8 Å². The van der Waals surface area contributed by atoms with Crippen LogP contribution >= 0.6 is 0 Å². The summed E-state index contributed by atoms with van der Waals surface area (Å²) in [6.45, 7) is 1.85. The summed E-state index contributed by atoms with van der Waals surface area (Å²) in [6, 6.07) is 10.1. The Morgan fingerprint density at radius 1 is 1.14 bits per heavy atom. The van der Waals surface area contributed by atoms with Crippen molar-refractivity contribution in [3.63, 3.8) is 0 Å². The first-order valence-corrected chi connectivity index (χ1v) is 8.20. The molecule has 0 bridgehead atoms. The van der Waals surface area contributed by atoms with Crippen LogP contribution in [-0.2, 0) is 0 Å². The lowest BCUT2D eigenvalue weighted by Crippen LogP contribution is -2.37. The second kappa shape index (κ2) is 6.60. The molecular formula is C18H24N2O. The molecule has 1 aliphatic heterocycles. The van der Waals surface area contributed by atoms with Crippen molar-refractivity contribution >= 4 is 0 Å². The van der Waals surface area contributed by atoms with Crippen molar-refractivity contribution in [3.8, 4) is 6.07 Å². The molecular weight excluding hydrogens is 260 g/mol. The minimum atomic E-state index is -0.445. The van der Waals surface area contributed by atoms with Gasteiger partial charge >= 0.3 is 0 Å². The second-order valence-electron chi connectivity index (χ2n) is 6.50. The van der Waals surface area contributed by atoms with Crippen molar-refractivity contribution in [2.24, 2.45) is 5.92 Å². The van der Waals surface area contributed by atoms with Gasteiger partial charge < -0.3 is 5.11 Å². The minimum Gasteiger partial charge on any atom is -0.387 e. The van der Waals surface area contributed by atoms with E-state index in [1.807, 2.05) is 12.1 Å². The highest BCUT2D eigenvalue weighted by Crippen LogP contribution is 2.36. The highest BCUT2D eigenvalue weighted by Gasteiger charge is 2.34. The first-order chi connectivity index (χ1) is 10.3. The molecule has 2 aliphatic rings. The molecule has 3 heteroatoms. The van der Waals surface area contributed by atoms with Gasteiger partial charge in [0.05, 0.1) is 17.7 Å². The van der Waals surface area contributed by atoms with E-state index in [0.717, 1.165) is 24.6 Å². The van der Waals surface area contributed by atoms with Crippen LogP contribution in [0.3, 0.4) is 0 Å². The number of benzene rings is 1. The number of β-amino-alcohol motifs (C(OH)–C–C–N with tert-alkyl or cyclic N) is 1. The predicted octanol–water partition coefficient (Wildman–Crippen LogP) is 3.25. The van der Waals surface area contributed by atoms with Gasteiger partial charge in [-0.2, -0.15) is 5.26 Å². The monoisotopic (exact) mass is 284 g/mol. The summed E-state index contributed by atoms with van der Waals surface area (Å²) in [5, 5.41) is 19.3. The van der Waals surface area contributed by atoms with Gasteiger partial charge in [-0.25, -0.2) is 0 Å². The molecule has 21 heavy (non-hydrogen) atoms. The number of aliphatic hydroxyl groups is 1. The molecule has 1 saturated heterocycles. The van der Waals surface area contributed by atoms with Crippen LogP contribution in [0, 0.1) is 17.2 Å². The number of hydrogen-bond donors (Lipinski definition) is 1. The van der Waals surface area contributed by atoms with Crippen molar-refractivity contribution in [1.29, 1.82) is 5.26 Å². The Morgan fingerprint density at radius 3 is 2.52 bits per heavy atom. The SMILES string of the molecule is N#Cc1ccc(C(O)CN2CCCC2C2CCCC2)cc1. The third-order valence-corrected chi connectivity index (χ3v) is 5.19. The summed E-state index contributed by atoms with van der Waals surface area (Å²) in [5.74, 6) is 0.848. The van der Waals surface area contributed by atoms with Gasteiger partial charge in [0.15, 0.2) is 0 Å². The van der Waals surface area contributed by atoms with Crippen LogP contribution < -0.4 is 0 Å². The van der Waals surface area contributed by atoms with E-state index in [2.05, 4.69) is 11.0 Å². The van der Waals surface area contributed by atoms with E-state index in [1.54, 1.807) is 12.1 Å². The maximum atomic E-state index is 10.5. The molecule has 3 nitrogen and oxygen atoms in total. The highest BCUT2D eigenvalue weighted by molar-refractivity contribution is 5.32. The highest BCUT2D eigenvalue weighted by atomic mass is 16.3. The number of nitrogens with zero attached hydrogens (tertiary/aromatic N) is 2. The fraction of sp³-hybridized carbons (Fsp3) is 0.611. The zero-order valence-corrected chi connectivity index (χ0v) is 12.5. The summed E-state index contributed by atoms with van der Waals surface area (Å²) in [6.07, 6.45) is 7.62. The Bertz CT molecular complexity index is 499. The van der Waals surface area contributed by atoms with Crippen LogP contribution in [0.2, 0.25) is 0 Å². The van der Waals surface area contributed by atoms with Gasteiger partial charge in [0.1, 0.15) is 0 Å². The van der Waals surface area contributed by atoms with E-state index in [0.29, 0.717) is 11.6 Å². The van der Waals surface area contributed by atoms with Crippen molar-refractivity contribution < 1.29 is 5.11 Å². The molecule has 2 unspecified atom stereocenters. The summed E-state index contributed by atoms with van der Waals surface area (Å²) in [7, 11) is 0. The Morgan fingerprint density at radius 2 is 1.86 bits per heavy atom. The lowest BCUT2D eigenvalue weighted by Gasteiger charge is -2.31. The summed E-state index contributed by atoms with van der Waals surface area (Å²) < 4.78 is 0. The van der Waals surface area contributed by atoms with Crippen LogP contribution in [0.25, 0.3) is 0 Å². The molecule has 0 aromatic heterocycles. The smallest absolute Gasteiger partial charge is 0.0991 e. The average molecular weight is 284 g/mol. The van der Waals surface area contributed by atoms with Crippen molar-refractivity contribution in [1.82, 2.24) is 4.90 Å². The van der Waals surface area contributed by atoms with Gasteiger partial charge in [-0.05, 0) is 55.8 Å². The third-order valence-electron chi connectivity index (χ3n) is 5.19. The Labute approximate surface area is 127 Å². The first-order valence-electron chi connectivity index (χ1n) is 8.20. The van der Waals surface area contributed by atoms with E-state index in [1.165, 1.54) is 38.5 Å². The lowest BCUT2D eigenvalue weighted by atomic mass is 9.95. The normalized spacial score (nSPS) is 25.0. The van der Waals surface area contributed by atoms with E-state index in [9.17, 15) is 5.11 Å². The zero-order chi connectivity index (χ0) is 14.7. The van der Waals surface area contributed by atoms with Crippen LogP contribution in [0.15, 0.2) is 24.3 Å². The van der Waals surface area contributed by atoms with Crippen LogP contribution in [0.5, 0.6) is 0 Å². The van der Waals surface area contributed by atoms with E-state index >= 15 is 0 Å². The zero-order valence-electron chi connectivity index (χ0n) is 12.5. The average Bonchev–Trinajstić information content (AvgIpc) is 3.18. The van der Waals surface area contributed by atoms with Crippen LogP contribution in [-0.4, -0.2) is 29.1 Å². The molecule has 2 fully saturated rings. The molecule has 0 amide bonds. The quantitative estimate of drug-likeness (QED) is 0.923. The number of likely N-dealkylation sites (tertiary alicyclic amines) is 1. The molecule has 1 aromatic rings. The minimum absolute atomic E-state index is 0.445. The molecule has 2 atom stereocenters. The van der Waals surface area contributed by atoms with E-state index in [4.69, 9.17) is 5.26 Å². The molecule has 1 saturated carbocycles. The lowest BCUT2D eigenvalue weighted by molar-refractivity contribution is 0.0894. The van der Waals surface area contributed by atoms with Gasteiger partial charge in [-0.1, -0.05) is 25.0 Å². The van der Waals surface area contributed by atoms with E-state index < -0.39 is 6.10 Å². The van der Waals surface area contributed by atoms with Crippen LogP contribution in [0.4, 0.5) is 0 Å². The van der Waals surface area contributed by atoms with Gasteiger partial charge in [0.2, 0.25) is 0 Å². The fourth-order valence-electron chi connectivity index (χ4n) is 4.06. The maximum Gasteiger partial charge on any atom is 0.0991 e. The molecule has 0 radical (unpaired) electrons. The molecule has 1 aliphatic carbocycles. The summed E-state index contributed by atoms with van der Waals surface area (Å²) in [5.41, 5.74) is 1.57. The standard InChI is InChI=1S/C18H24N2O/c19-12-14-7-9-16(10-8-14)18(21)13-20-11-3-6-17(20)15-4-1-2-5-15/h7-10,15,17-18,21H,1-6,11,13H2. The Kier molecular flexibility index (Phi) is 4.57. The van der Waals surface area contributed by atoms with Crippen molar-refractivity contribution in [2.75, 3.05) is 13.1 Å². The van der Waals surface area contributed by atoms with Gasteiger partial charge in [-0.15, -0.1) is 0 Å². The molecule has 112 valence electrons. The fourth-order valence-corrected chi connectivity index (χ4v) is 4.06. The molecule has 1 aromatic carbocycles. The number of rotatable bonds is 4. The number of nitriles is 1. The maximum absolute atomic E-state index is 10.5. The summed E-state index contributed by atoms with van der Waals surface area (Å²) >= 11 is 0. The van der Waals surface area contributed by atoms with Gasteiger partial charge in [0, 0.05) is 12.6 Å². The third kappa shape index (κ3) is 3.28. The van der Waals surface area contributed by atoms with Gasteiger partial charge in [0.25, 0.3) is 0 Å². The summed E-state index contributed by atoms with van der Waals surface area (Å²) in [4.78, 5) is 2.50. The number of hydrogen-bond acceptors (Lipinski definition) is 3. The molecule has 0 spiro atoms. The topological polar surface area (TPSA) is 47.3 Å². The molecule has 1 N–H and O–H groups in total.